The van der Waals surface area contributed by atoms with Crippen molar-refractivity contribution in [1.82, 2.24) is 14.6 Å². The van der Waals surface area contributed by atoms with Crippen LogP contribution >= 0.6 is 0 Å². The van der Waals surface area contributed by atoms with Crippen LogP contribution in [0.3, 0.4) is 0 Å². The number of nitrogens with zero attached hydrogens (tertiary/aromatic N) is 3. The second-order valence-electron chi connectivity index (χ2n) is 6.65. The number of hydrogen-bond acceptors (Lipinski definition) is 4. The number of aliphatic hydroxyl groups is 1. The van der Waals surface area contributed by atoms with Crippen molar-refractivity contribution in [2.45, 2.75) is 32.2 Å². The van der Waals surface area contributed by atoms with E-state index in [1.807, 2.05) is 41.8 Å². The molecule has 1 aromatic carbocycles. The molecule has 24 heavy (non-hydrogen) atoms. The van der Waals surface area contributed by atoms with Gasteiger partial charge in [0, 0.05) is 36.0 Å². The summed E-state index contributed by atoms with van der Waals surface area (Å²) < 4.78 is 1.89. The van der Waals surface area contributed by atoms with Gasteiger partial charge in [0.05, 0.1) is 5.69 Å². The number of fused-ring (bicyclic) bond motifs is 1. The molecule has 124 valence electrons. The van der Waals surface area contributed by atoms with Crippen LogP contribution in [0.4, 0.5) is 5.82 Å². The minimum Gasteiger partial charge on any atom is -0.396 e. The molecule has 3 aromatic rings. The third-order valence-electron chi connectivity index (χ3n) is 4.78. The van der Waals surface area contributed by atoms with E-state index in [-0.39, 0.29) is 6.61 Å². The summed E-state index contributed by atoms with van der Waals surface area (Å²) in [6.45, 7) is 2.29. The van der Waals surface area contributed by atoms with E-state index in [1.54, 1.807) is 0 Å². The number of nitrogens with one attached hydrogen (secondary N) is 1. The predicted molar refractivity (Wildman–Crippen MR) is 95.0 cm³/mol. The van der Waals surface area contributed by atoms with Gasteiger partial charge in [0.2, 0.25) is 0 Å². The zero-order valence-electron chi connectivity index (χ0n) is 13.8. The Morgan fingerprint density at radius 2 is 2.04 bits per heavy atom. The fourth-order valence-corrected chi connectivity index (χ4v) is 3.53. The van der Waals surface area contributed by atoms with Gasteiger partial charge in [-0.25, -0.2) is 4.98 Å². The summed E-state index contributed by atoms with van der Waals surface area (Å²) in [4.78, 5) is 4.61. The van der Waals surface area contributed by atoms with E-state index >= 15 is 0 Å². The van der Waals surface area contributed by atoms with Crippen LogP contribution in [-0.4, -0.2) is 32.4 Å². The lowest BCUT2D eigenvalue weighted by Crippen LogP contribution is -2.19. The largest absolute Gasteiger partial charge is 0.396 e. The lowest BCUT2D eigenvalue weighted by molar-refractivity contribution is 0.229. The molecule has 2 aromatic heterocycles. The van der Waals surface area contributed by atoms with Crippen molar-refractivity contribution < 1.29 is 5.11 Å². The van der Waals surface area contributed by atoms with Gasteiger partial charge in [-0.1, -0.05) is 30.3 Å². The summed E-state index contributed by atoms with van der Waals surface area (Å²) in [5.74, 6) is 1.39. The Morgan fingerprint density at radius 1 is 1.21 bits per heavy atom. The van der Waals surface area contributed by atoms with Crippen LogP contribution in [0.15, 0.2) is 42.5 Å². The highest BCUT2D eigenvalue weighted by atomic mass is 16.3. The van der Waals surface area contributed by atoms with E-state index in [4.69, 9.17) is 5.10 Å². The van der Waals surface area contributed by atoms with Crippen molar-refractivity contribution in [2.75, 3.05) is 11.9 Å². The van der Waals surface area contributed by atoms with Gasteiger partial charge in [-0.2, -0.15) is 9.61 Å². The molecule has 0 saturated heterocycles. The number of benzene rings is 1. The second-order valence-corrected chi connectivity index (χ2v) is 6.65. The van der Waals surface area contributed by atoms with E-state index in [0.29, 0.717) is 12.0 Å². The topological polar surface area (TPSA) is 62.5 Å². The van der Waals surface area contributed by atoms with Crippen molar-refractivity contribution in [3.8, 4) is 11.3 Å². The van der Waals surface area contributed by atoms with Gasteiger partial charge >= 0.3 is 0 Å². The number of rotatable bonds is 4. The summed E-state index contributed by atoms with van der Waals surface area (Å²) in [6.07, 6.45) is 3.17. The zero-order chi connectivity index (χ0) is 16.5. The summed E-state index contributed by atoms with van der Waals surface area (Å²) in [5.41, 5.74) is 3.85. The summed E-state index contributed by atoms with van der Waals surface area (Å²) in [7, 11) is 0. The molecular formula is C19H22N4O. The van der Waals surface area contributed by atoms with E-state index in [2.05, 4.69) is 22.4 Å². The highest BCUT2D eigenvalue weighted by molar-refractivity contribution is 5.65. The standard InChI is InChI=1S/C19H22N4O/c1-13-9-18(21-16-8-7-14(10-16)12-24)23-19(20-13)11-17(22-23)15-5-3-2-4-6-15/h2-6,9,11,14,16,21,24H,7-8,10,12H2,1H3/t14-,16-/m1/s1. The van der Waals surface area contributed by atoms with E-state index in [1.165, 1.54) is 0 Å². The summed E-state index contributed by atoms with van der Waals surface area (Å²) in [5, 5.41) is 17.7. The number of anilines is 1. The van der Waals surface area contributed by atoms with Crippen molar-refractivity contribution in [1.29, 1.82) is 0 Å². The van der Waals surface area contributed by atoms with Crippen molar-refractivity contribution in [3.05, 3.63) is 48.2 Å². The maximum Gasteiger partial charge on any atom is 0.158 e. The number of aromatic nitrogens is 3. The van der Waals surface area contributed by atoms with Crippen LogP contribution in [0.5, 0.6) is 0 Å². The lowest BCUT2D eigenvalue weighted by atomic mass is 10.1. The second kappa shape index (κ2) is 6.24. The first-order valence-electron chi connectivity index (χ1n) is 8.53. The van der Waals surface area contributed by atoms with Gasteiger partial charge in [-0.05, 0) is 32.1 Å². The quantitative estimate of drug-likeness (QED) is 0.774. The molecule has 5 nitrogen and oxygen atoms in total. The Balaban J connectivity index is 1.69. The Bertz CT molecular complexity index is 843. The Kier molecular flexibility index (Phi) is 3.94. The molecule has 0 unspecified atom stereocenters. The molecule has 2 N–H and O–H groups in total. The molecule has 0 radical (unpaired) electrons. The summed E-state index contributed by atoms with van der Waals surface area (Å²) in [6, 6.07) is 14.6. The molecule has 0 spiro atoms. The molecule has 0 aliphatic heterocycles. The number of hydrogen-bond donors (Lipinski definition) is 2. The first-order valence-corrected chi connectivity index (χ1v) is 8.53. The highest BCUT2D eigenvalue weighted by Crippen LogP contribution is 2.28. The third-order valence-corrected chi connectivity index (χ3v) is 4.78. The minimum absolute atomic E-state index is 0.281. The zero-order valence-corrected chi connectivity index (χ0v) is 13.8. The molecule has 0 bridgehead atoms. The van der Waals surface area contributed by atoms with Gasteiger partial charge in [-0.15, -0.1) is 0 Å². The van der Waals surface area contributed by atoms with Crippen LogP contribution < -0.4 is 5.32 Å². The third kappa shape index (κ3) is 2.87. The predicted octanol–water partition coefficient (Wildman–Crippen LogP) is 3.28. The Hall–Kier alpha value is -2.40. The van der Waals surface area contributed by atoms with Crippen LogP contribution in [0, 0.1) is 12.8 Å². The van der Waals surface area contributed by atoms with Gasteiger partial charge < -0.3 is 10.4 Å². The molecule has 2 atom stereocenters. The molecule has 5 heteroatoms. The number of aliphatic hydroxyl groups excluding tert-OH is 1. The van der Waals surface area contributed by atoms with E-state index < -0.39 is 0 Å². The normalized spacial score (nSPS) is 20.6. The highest BCUT2D eigenvalue weighted by Gasteiger charge is 2.24. The van der Waals surface area contributed by atoms with E-state index in [0.717, 1.165) is 47.7 Å². The SMILES string of the molecule is Cc1cc(N[C@@H]2CC[C@@H](CO)C2)n2nc(-c3ccccc3)cc2n1. The van der Waals surface area contributed by atoms with E-state index in [9.17, 15) is 5.11 Å². The van der Waals surface area contributed by atoms with Gasteiger partial charge in [-0.3, -0.25) is 0 Å². The number of aryl methyl sites for hydroxylation is 1. The maximum atomic E-state index is 9.34. The van der Waals surface area contributed by atoms with Gasteiger partial charge in [0.15, 0.2) is 5.65 Å². The molecule has 1 saturated carbocycles. The monoisotopic (exact) mass is 322 g/mol. The molecule has 1 fully saturated rings. The summed E-state index contributed by atoms with van der Waals surface area (Å²) >= 11 is 0. The molecular weight excluding hydrogens is 300 g/mol. The molecule has 4 rings (SSSR count). The average Bonchev–Trinajstić information content (AvgIpc) is 3.22. The van der Waals surface area contributed by atoms with Gasteiger partial charge in [0.1, 0.15) is 5.82 Å². The van der Waals surface area contributed by atoms with Gasteiger partial charge in [0.25, 0.3) is 0 Å². The fourth-order valence-electron chi connectivity index (χ4n) is 3.53. The van der Waals surface area contributed by atoms with Crippen molar-refractivity contribution in [3.63, 3.8) is 0 Å². The lowest BCUT2D eigenvalue weighted by Gasteiger charge is -2.15. The fraction of sp³-hybridized carbons (Fsp3) is 0.368. The Morgan fingerprint density at radius 3 is 2.79 bits per heavy atom. The smallest absolute Gasteiger partial charge is 0.158 e. The molecule has 0 amide bonds. The van der Waals surface area contributed by atoms with Crippen LogP contribution in [-0.2, 0) is 0 Å². The minimum atomic E-state index is 0.281. The van der Waals surface area contributed by atoms with Crippen LogP contribution in [0.2, 0.25) is 0 Å². The van der Waals surface area contributed by atoms with Crippen LogP contribution in [0.1, 0.15) is 25.0 Å². The van der Waals surface area contributed by atoms with Crippen LogP contribution in [0.25, 0.3) is 16.9 Å². The molecule has 1 aliphatic rings. The van der Waals surface area contributed by atoms with Crippen molar-refractivity contribution in [2.24, 2.45) is 5.92 Å². The maximum absolute atomic E-state index is 9.34. The molecule has 1 aliphatic carbocycles. The van der Waals surface area contributed by atoms with Crippen molar-refractivity contribution >= 4 is 11.5 Å². The first kappa shape index (κ1) is 15.1. The average molecular weight is 322 g/mol. The molecule has 2 heterocycles. The first-order chi connectivity index (χ1) is 11.7. The Labute approximate surface area is 141 Å².